The Morgan fingerprint density at radius 3 is 2.55 bits per heavy atom. The number of carboxylic acid groups (broad SMARTS) is 1. The molecule has 108 valence electrons. The number of H-pyrrole nitrogens is 1. The number of sulfonamides is 1. The number of carbonyl (C=O) groups is 1. The van der Waals surface area contributed by atoms with Crippen molar-refractivity contribution in [2.75, 3.05) is 4.72 Å². The van der Waals surface area contributed by atoms with Crippen LogP contribution in [0, 0.1) is 13.8 Å². The Morgan fingerprint density at radius 1 is 1.45 bits per heavy atom. The number of nitrogens with one attached hydrogen (secondary N) is 2. The van der Waals surface area contributed by atoms with Crippen LogP contribution in [0.2, 0.25) is 0 Å². The summed E-state index contributed by atoms with van der Waals surface area (Å²) in [6.07, 6.45) is 1.24. The summed E-state index contributed by atoms with van der Waals surface area (Å²) in [5, 5.41) is 15.4. The second kappa shape index (κ2) is 4.67. The van der Waals surface area contributed by atoms with Crippen molar-refractivity contribution >= 4 is 21.8 Å². The molecule has 9 heteroatoms. The molecule has 0 aliphatic rings. The Bertz CT molecular complexity index is 772. The van der Waals surface area contributed by atoms with Crippen LogP contribution in [-0.4, -0.2) is 34.3 Å². The second-order valence-corrected chi connectivity index (χ2v) is 6.09. The van der Waals surface area contributed by atoms with Gasteiger partial charge in [-0.3, -0.25) is 9.82 Å². The molecule has 0 aliphatic carbocycles. The van der Waals surface area contributed by atoms with Crippen molar-refractivity contribution in [2.24, 2.45) is 7.05 Å². The molecule has 2 aromatic heterocycles. The minimum absolute atomic E-state index is 0.111. The topological polar surface area (TPSA) is 117 Å². The summed E-state index contributed by atoms with van der Waals surface area (Å²) in [5.41, 5.74) is 1.32. The molecule has 0 atom stereocenters. The summed E-state index contributed by atoms with van der Waals surface area (Å²) in [5.74, 6) is -0.996. The lowest BCUT2D eigenvalue weighted by Gasteiger charge is -2.03. The number of aromatic amines is 1. The number of rotatable bonds is 4. The molecule has 0 unspecified atom stereocenters. The maximum atomic E-state index is 12.2. The van der Waals surface area contributed by atoms with Crippen molar-refractivity contribution in [3.8, 4) is 0 Å². The summed E-state index contributed by atoms with van der Waals surface area (Å²) in [6.45, 7) is 3.50. The predicted octanol–water partition coefficient (Wildman–Crippen LogP) is 0.864. The van der Waals surface area contributed by atoms with Gasteiger partial charge in [0.25, 0.3) is 10.0 Å². The number of carboxylic acids is 1. The first-order valence-corrected chi connectivity index (χ1v) is 7.14. The molecule has 0 radical (unpaired) electrons. The van der Waals surface area contributed by atoms with Crippen molar-refractivity contribution in [3.63, 3.8) is 0 Å². The summed E-state index contributed by atoms with van der Waals surface area (Å²) >= 11 is 0. The molecule has 0 aromatic carbocycles. The monoisotopic (exact) mass is 298 g/mol. The van der Waals surface area contributed by atoms with Gasteiger partial charge >= 0.3 is 5.97 Å². The van der Waals surface area contributed by atoms with Gasteiger partial charge in [0, 0.05) is 24.5 Å². The average Bonchev–Trinajstić information content (AvgIpc) is 2.87. The Labute approximate surface area is 115 Å². The van der Waals surface area contributed by atoms with Crippen LogP contribution in [0.3, 0.4) is 0 Å². The van der Waals surface area contributed by atoms with Crippen molar-refractivity contribution in [2.45, 2.75) is 18.7 Å². The van der Waals surface area contributed by atoms with Gasteiger partial charge in [0.15, 0.2) is 5.82 Å². The first-order valence-electron chi connectivity index (χ1n) is 5.66. The van der Waals surface area contributed by atoms with E-state index in [4.69, 9.17) is 5.11 Å². The normalized spacial score (nSPS) is 11.6. The summed E-state index contributed by atoms with van der Waals surface area (Å²) in [6, 6.07) is 1.10. The van der Waals surface area contributed by atoms with Crippen molar-refractivity contribution in [1.29, 1.82) is 0 Å². The van der Waals surface area contributed by atoms with E-state index in [-0.39, 0.29) is 16.4 Å². The summed E-state index contributed by atoms with van der Waals surface area (Å²) in [7, 11) is -2.41. The van der Waals surface area contributed by atoms with E-state index >= 15 is 0 Å². The molecule has 0 bridgehead atoms. The molecule has 20 heavy (non-hydrogen) atoms. The standard InChI is InChI=1S/C11H14N4O4S/c1-6-7(2)12-13-10(6)14-20(18,19)8-4-9(11(16)17)15(3)5-8/h4-5H,1-3H3,(H,16,17)(H2,12,13,14). The van der Waals surface area contributed by atoms with E-state index < -0.39 is 16.0 Å². The Hall–Kier alpha value is -2.29. The number of hydrogen-bond donors (Lipinski definition) is 3. The summed E-state index contributed by atoms with van der Waals surface area (Å²) in [4.78, 5) is 10.8. The number of nitrogens with zero attached hydrogens (tertiary/aromatic N) is 2. The van der Waals surface area contributed by atoms with Gasteiger partial charge in [0.1, 0.15) is 10.6 Å². The quantitative estimate of drug-likeness (QED) is 0.774. The lowest BCUT2D eigenvalue weighted by molar-refractivity contribution is 0.0686. The molecule has 2 rings (SSSR count). The predicted molar refractivity (Wildman–Crippen MR) is 71.2 cm³/mol. The highest BCUT2D eigenvalue weighted by Gasteiger charge is 2.22. The number of aromatic nitrogens is 3. The maximum Gasteiger partial charge on any atom is 0.352 e. The molecule has 2 aromatic rings. The third-order valence-corrected chi connectivity index (χ3v) is 4.30. The van der Waals surface area contributed by atoms with Crippen LogP contribution in [0.15, 0.2) is 17.2 Å². The second-order valence-electron chi connectivity index (χ2n) is 4.40. The van der Waals surface area contributed by atoms with Crippen LogP contribution < -0.4 is 4.72 Å². The lowest BCUT2D eigenvalue weighted by Crippen LogP contribution is -2.13. The molecule has 2 heterocycles. The van der Waals surface area contributed by atoms with E-state index in [2.05, 4.69) is 14.9 Å². The third kappa shape index (κ3) is 2.39. The van der Waals surface area contributed by atoms with Gasteiger partial charge in [0.05, 0.1) is 0 Å². The first-order chi connectivity index (χ1) is 9.22. The molecule has 0 saturated heterocycles. The van der Waals surface area contributed by atoms with E-state index in [0.29, 0.717) is 5.56 Å². The van der Waals surface area contributed by atoms with Crippen molar-refractivity contribution in [1.82, 2.24) is 14.8 Å². The highest BCUT2D eigenvalue weighted by Crippen LogP contribution is 2.20. The fourth-order valence-electron chi connectivity index (χ4n) is 1.66. The van der Waals surface area contributed by atoms with Crippen LogP contribution >= 0.6 is 0 Å². The maximum absolute atomic E-state index is 12.2. The summed E-state index contributed by atoms with van der Waals surface area (Å²) < 4.78 is 27.9. The number of aryl methyl sites for hydroxylation is 2. The fraction of sp³-hybridized carbons (Fsp3) is 0.273. The van der Waals surface area contributed by atoms with Gasteiger partial charge in [0.2, 0.25) is 0 Å². The van der Waals surface area contributed by atoms with E-state index in [9.17, 15) is 13.2 Å². The van der Waals surface area contributed by atoms with E-state index in [1.54, 1.807) is 13.8 Å². The zero-order valence-corrected chi connectivity index (χ0v) is 11.9. The largest absolute Gasteiger partial charge is 0.477 e. The van der Waals surface area contributed by atoms with E-state index in [1.807, 2.05) is 0 Å². The third-order valence-electron chi connectivity index (χ3n) is 2.99. The van der Waals surface area contributed by atoms with E-state index in [1.165, 1.54) is 17.8 Å². The molecule has 0 spiro atoms. The minimum atomic E-state index is -3.87. The number of aromatic carboxylic acids is 1. The highest BCUT2D eigenvalue weighted by atomic mass is 32.2. The van der Waals surface area contributed by atoms with Gasteiger partial charge < -0.3 is 9.67 Å². The van der Waals surface area contributed by atoms with E-state index in [0.717, 1.165) is 11.8 Å². The van der Waals surface area contributed by atoms with Crippen LogP contribution in [0.5, 0.6) is 0 Å². The molecule has 8 nitrogen and oxygen atoms in total. The van der Waals surface area contributed by atoms with Crippen molar-refractivity contribution in [3.05, 3.63) is 29.2 Å². The average molecular weight is 298 g/mol. The SMILES string of the molecule is Cc1[nH]nc(NS(=O)(=O)c2cc(C(=O)O)n(C)c2)c1C. The minimum Gasteiger partial charge on any atom is -0.477 e. The van der Waals surface area contributed by atoms with Gasteiger partial charge in [-0.15, -0.1) is 0 Å². The molecule has 0 saturated carbocycles. The van der Waals surface area contributed by atoms with Crippen LogP contribution in [-0.2, 0) is 17.1 Å². The molecular weight excluding hydrogens is 284 g/mol. The lowest BCUT2D eigenvalue weighted by atomic mass is 10.3. The van der Waals surface area contributed by atoms with Gasteiger partial charge in [-0.05, 0) is 19.9 Å². The van der Waals surface area contributed by atoms with Crippen LogP contribution in [0.1, 0.15) is 21.7 Å². The van der Waals surface area contributed by atoms with Crippen LogP contribution in [0.25, 0.3) is 0 Å². The van der Waals surface area contributed by atoms with Crippen LogP contribution in [0.4, 0.5) is 5.82 Å². The highest BCUT2D eigenvalue weighted by molar-refractivity contribution is 7.92. The zero-order valence-electron chi connectivity index (χ0n) is 11.1. The smallest absolute Gasteiger partial charge is 0.352 e. The number of anilines is 1. The molecule has 0 fully saturated rings. The molecule has 0 amide bonds. The Balaban J connectivity index is 2.38. The zero-order chi connectivity index (χ0) is 15.1. The van der Waals surface area contributed by atoms with Crippen molar-refractivity contribution < 1.29 is 18.3 Å². The molecule has 0 aliphatic heterocycles. The Kier molecular flexibility index (Phi) is 3.30. The fourth-order valence-corrected chi connectivity index (χ4v) is 2.80. The number of hydrogen-bond acceptors (Lipinski definition) is 4. The van der Waals surface area contributed by atoms with Gasteiger partial charge in [-0.2, -0.15) is 5.10 Å². The molecule has 3 N–H and O–H groups in total. The van der Waals surface area contributed by atoms with Gasteiger partial charge in [-0.25, -0.2) is 13.2 Å². The molecular formula is C11H14N4O4S. The first kappa shape index (κ1) is 14.1. The Morgan fingerprint density at radius 2 is 2.10 bits per heavy atom. The van der Waals surface area contributed by atoms with Gasteiger partial charge in [-0.1, -0.05) is 0 Å².